The molecular weight excluding hydrogens is 301 g/mol. The average Bonchev–Trinajstić information content (AvgIpc) is 2.59. The van der Waals surface area contributed by atoms with Crippen molar-refractivity contribution in [1.29, 1.82) is 0 Å². The van der Waals surface area contributed by atoms with Crippen molar-refractivity contribution in [2.24, 2.45) is 0 Å². The normalized spacial score (nSPS) is 17.5. The first-order valence-corrected chi connectivity index (χ1v) is 7.25. The van der Waals surface area contributed by atoms with Gasteiger partial charge in [0, 0.05) is 0 Å². The molecule has 1 amide bonds. The van der Waals surface area contributed by atoms with Crippen LogP contribution in [0, 0.1) is 5.82 Å². The molecule has 1 aliphatic rings. The van der Waals surface area contributed by atoms with Gasteiger partial charge in [0.05, 0.1) is 19.8 Å². The molecule has 1 fully saturated rings. The molecule has 2 aromatic rings. The predicted octanol–water partition coefficient (Wildman–Crippen LogP) is 2.97. The van der Waals surface area contributed by atoms with E-state index in [-0.39, 0.29) is 18.0 Å². The van der Waals surface area contributed by atoms with E-state index < -0.39 is 17.8 Å². The van der Waals surface area contributed by atoms with Crippen LogP contribution >= 0.6 is 0 Å². The standard InChI is InChI=1S/C17H16FNO4/c18-13-7-4-8-14(23-12-5-2-1-3-6-12)16(13)19-17(20)15-11-21-9-10-22-15/h1-8,15H,9-11H2,(H,19,20)/t15-/m1/s1. The Bertz CT molecular complexity index is 672. The van der Waals surface area contributed by atoms with Crippen molar-refractivity contribution < 1.29 is 23.4 Å². The lowest BCUT2D eigenvalue weighted by Gasteiger charge is -2.22. The molecule has 1 heterocycles. The summed E-state index contributed by atoms with van der Waals surface area (Å²) in [5.41, 5.74) is -0.0180. The van der Waals surface area contributed by atoms with E-state index in [1.54, 1.807) is 30.3 Å². The molecule has 1 saturated heterocycles. The summed E-state index contributed by atoms with van der Waals surface area (Å²) in [5.74, 6) is -0.275. The number of carbonyl (C=O) groups excluding carboxylic acids is 1. The van der Waals surface area contributed by atoms with Crippen LogP contribution in [0.5, 0.6) is 11.5 Å². The van der Waals surface area contributed by atoms with E-state index in [0.717, 1.165) is 0 Å². The van der Waals surface area contributed by atoms with Gasteiger partial charge in [-0.15, -0.1) is 0 Å². The van der Waals surface area contributed by atoms with Crippen LogP contribution in [0.4, 0.5) is 10.1 Å². The summed E-state index contributed by atoms with van der Waals surface area (Å²) in [7, 11) is 0. The molecule has 23 heavy (non-hydrogen) atoms. The lowest BCUT2D eigenvalue weighted by Crippen LogP contribution is -2.39. The van der Waals surface area contributed by atoms with Crippen molar-refractivity contribution in [3.63, 3.8) is 0 Å². The number of benzene rings is 2. The molecule has 0 saturated carbocycles. The quantitative estimate of drug-likeness (QED) is 0.942. The number of rotatable bonds is 4. The molecule has 0 bridgehead atoms. The first-order valence-electron chi connectivity index (χ1n) is 7.25. The largest absolute Gasteiger partial charge is 0.455 e. The molecule has 0 unspecified atom stereocenters. The second kappa shape index (κ2) is 7.21. The Hall–Kier alpha value is -2.44. The van der Waals surface area contributed by atoms with Crippen LogP contribution in [-0.4, -0.2) is 31.8 Å². The van der Waals surface area contributed by atoms with Gasteiger partial charge in [-0.2, -0.15) is 0 Å². The van der Waals surface area contributed by atoms with E-state index in [2.05, 4.69) is 5.32 Å². The van der Waals surface area contributed by atoms with Crippen LogP contribution in [0.15, 0.2) is 48.5 Å². The van der Waals surface area contributed by atoms with Crippen molar-refractivity contribution >= 4 is 11.6 Å². The highest BCUT2D eigenvalue weighted by Gasteiger charge is 2.24. The van der Waals surface area contributed by atoms with Gasteiger partial charge < -0.3 is 19.5 Å². The van der Waals surface area contributed by atoms with E-state index in [1.165, 1.54) is 12.1 Å². The van der Waals surface area contributed by atoms with Crippen LogP contribution < -0.4 is 10.1 Å². The molecule has 1 aliphatic heterocycles. The Morgan fingerprint density at radius 1 is 1.13 bits per heavy atom. The Morgan fingerprint density at radius 2 is 1.96 bits per heavy atom. The summed E-state index contributed by atoms with van der Waals surface area (Å²) < 4.78 is 30.3. The molecular formula is C17H16FNO4. The Labute approximate surface area is 133 Å². The molecule has 120 valence electrons. The first-order chi connectivity index (χ1) is 11.2. The van der Waals surface area contributed by atoms with Crippen LogP contribution in [0.2, 0.25) is 0 Å². The fraction of sp³-hybridized carbons (Fsp3) is 0.235. The van der Waals surface area contributed by atoms with Gasteiger partial charge in [-0.1, -0.05) is 24.3 Å². The number of amides is 1. The number of para-hydroxylation sites is 2. The summed E-state index contributed by atoms with van der Waals surface area (Å²) in [6.07, 6.45) is -0.757. The minimum absolute atomic E-state index is 0.0180. The number of ether oxygens (including phenoxy) is 3. The second-order valence-corrected chi connectivity index (χ2v) is 4.95. The number of hydrogen-bond donors (Lipinski definition) is 1. The zero-order valence-electron chi connectivity index (χ0n) is 12.3. The zero-order chi connectivity index (χ0) is 16.1. The maximum absolute atomic E-state index is 14.1. The minimum atomic E-state index is -0.757. The predicted molar refractivity (Wildman–Crippen MR) is 82.1 cm³/mol. The number of nitrogens with one attached hydrogen (secondary N) is 1. The molecule has 0 radical (unpaired) electrons. The van der Waals surface area contributed by atoms with Gasteiger partial charge in [0.25, 0.3) is 5.91 Å². The SMILES string of the molecule is O=C(Nc1c(F)cccc1Oc1ccccc1)[C@H]1COCCO1. The second-order valence-electron chi connectivity index (χ2n) is 4.95. The number of hydrogen-bond acceptors (Lipinski definition) is 4. The molecule has 0 aliphatic carbocycles. The third-order valence-electron chi connectivity index (χ3n) is 3.30. The molecule has 5 nitrogen and oxygen atoms in total. The van der Waals surface area contributed by atoms with Crippen LogP contribution in [0.3, 0.4) is 0 Å². The van der Waals surface area contributed by atoms with Crippen LogP contribution in [-0.2, 0) is 14.3 Å². The summed E-state index contributed by atoms with van der Waals surface area (Å²) in [5, 5.41) is 2.52. The number of halogens is 1. The van der Waals surface area contributed by atoms with E-state index in [4.69, 9.17) is 14.2 Å². The highest BCUT2D eigenvalue weighted by atomic mass is 19.1. The summed E-state index contributed by atoms with van der Waals surface area (Å²) in [6, 6.07) is 13.3. The van der Waals surface area contributed by atoms with Gasteiger partial charge in [-0.3, -0.25) is 4.79 Å². The van der Waals surface area contributed by atoms with Gasteiger partial charge in [-0.25, -0.2) is 4.39 Å². The molecule has 6 heteroatoms. The van der Waals surface area contributed by atoms with Gasteiger partial charge in [0.1, 0.15) is 11.4 Å². The molecule has 0 aromatic heterocycles. The highest BCUT2D eigenvalue weighted by molar-refractivity contribution is 5.95. The lowest BCUT2D eigenvalue weighted by molar-refractivity contribution is -0.142. The Kier molecular flexibility index (Phi) is 4.85. The van der Waals surface area contributed by atoms with E-state index >= 15 is 0 Å². The van der Waals surface area contributed by atoms with Gasteiger partial charge in [0.2, 0.25) is 0 Å². The summed E-state index contributed by atoms with van der Waals surface area (Å²) in [6.45, 7) is 0.934. The first kappa shape index (κ1) is 15.5. The van der Waals surface area contributed by atoms with Crippen molar-refractivity contribution in [2.75, 3.05) is 25.1 Å². The molecule has 2 aromatic carbocycles. The molecule has 3 rings (SSSR count). The summed E-state index contributed by atoms with van der Waals surface area (Å²) in [4.78, 5) is 12.2. The number of anilines is 1. The van der Waals surface area contributed by atoms with Crippen molar-refractivity contribution in [2.45, 2.75) is 6.10 Å². The van der Waals surface area contributed by atoms with E-state index in [0.29, 0.717) is 19.0 Å². The number of carbonyl (C=O) groups is 1. The molecule has 1 atom stereocenters. The average molecular weight is 317 g/mol. The van der Waals surface area contributed by atoms with Gasteiger partial charge >= 0.3 is 0 Å². The van der Waals surface area contributed by atoms with Crippen molar-refractivity contribution in [3.05, 3.63) is 54.3 Å². The smallest absolute Gasteiger partial charge is 0.256 e. The maximum atomic E-state index is 14.1. The topological polar surface area (TPSA) is 56.8 Å². The van der Waals surface area contributed by atoms with Crippen LogP contribution in [0.25, 0.3) is 0 Å². The Balaban J connectivity index is 1.79. The fourth-order valence-corrected chi connectivity index (χ4v) is 2.17. The highest BCUT2D eigenvalue weighted by Crippen LogP contribution is 2.31. The van der Waals surface area contributed by atoms with Gasteiger partial charge in [0.15, 0.2) is 17.7 Å². The minimum Gasteiger partial charge on any atom is -0.455 e. The summed E-state index contributed by atoms with van der Waals surface area (Å²) >= 11 is 0. The van der Waals surface area contributed by atoms with E-state index in [9.17, 15) is 9.18 Å². The molecule has 1 N–H and O–H groups in total. The lowest BCUT2D eigenvalue weighted by atomic mass is 10.2. The van der Waals surface area contributed by atoms with Crippen molar-refractivity contribution in [1.82, 2.24) is 0 Å². The van der Waals surface area contributed by atoms with Gasteiger partial charge in [-0.05, 0) is 24.3 Å². The molecule has 0 spiro atoms. The maximum Gasteiger partial charge on any atom is 0.256 e. The Morgan fingerprint density at radius 3 is 2.70 bits per heavy atom. The van der Waals surface area contributed by atoms with Crippen LogP contribution in [0.1, 0.15) is 0 Å². The third kappa shape index (κ3) is 3.85. The third-order valence-corrected chi connectivity index (χ3v) is 3.30. The monoisotopic (exact) mass is 317 g/mol. The van der Waals surface area contributed by atoms with Crippen molar-refractivity contribution in [3.8, 4) is 11.5 Å². The zero-order valence-corrected chi connectivity index (χ0v) is 12.3. The fourth-order valence-electron chi connectivity index (χ4n) is 2.17. The van der Waals surface area contributed by atoms with E-state index in [1.807, 2.05) is 6.07 Å².